The zero-order valence-electron chi connectivity index (χ0n) is 9.56. The van der Waals surface area contributed by atoms with Gasteiger partial charge in [0.05, 0.1) is 5.69 Å². The monoisotopic (exact) mass is 208 g/mol. The number of likely N-dealkylation sites (tertiary alicyclic amines) is 1. The topological polar surface area (TPSA) is 47.1 Å². The molecule has 0 aromatic carbocycles. The first-order valence-corrected chi connectivity index (χ1v) is 5.61. The second-order valence-corrected chi connectivity index (χ2v) is 4.61. The lowest BCUT2D eigenvalue weighted by Crippen LogP contribution is -2.47. The first-order chi connectivity index (χ1) is 7.16. The van der Waals surface area contributed by atoms with E-state index in [1.807, 2.05) is 17.9 Å². The molecular formula is C11H20N4. The average molecular weight is 208 g/mol. The van der Waals surface area contributed by atoms with Crippen molar-refractivity contribution in [2.24, 2.45) is 18.7 Å². The van der Waals surface area contributed by atoms with Crippen LogP contribution in [0.25, 0.3) is 0 Å². The van der Waals surface area contributed by atoms with E-state index in [2.05, 4.69) is 23.0 Å². The summed E-state index contributed by atoms with van der Waals surface area (Å²) in [6.07, 6.45) is 3.06. The molecule has 1 saturated heterocycles. The molecule has 1 aliphatic rings. The summed E-state index contributed by atoms with van der Waals surface area (Å²) in [7, 11) is 1.99. The van der Waals surface area contributed by atoms with Gasteiger partial charge in [-0.1, -0.05) is 6.92 Å². The fraction of sp³-hybridized carbons (Fsp3) is 0.727. The van der Waals surface area contributed by atoms with E-state index in [0.29, 0.717) is 12.0 Å². The van der Waals surface area contributed by atoms with Gasteiger partial charge in [0.1, 0.15) is 0 Å². The average Bonchev–Trinajstić information content (AvgIpc) is 2.59. The lowest BCUT2D eigenvalue weighted by Gasteiger charge is -2.34. The third kappa shape index (κ3) is 2.38. The van der Waals surface area contributed by atoms with E-state index in [0.717, 1.165) is 19.6 Å². The Morgan fingerprint density at radius 1 is 1.60 bits per heavy atom. The van der Waals surface area contributed by atoms with Gasteiger partial charge in [0.25, 0.3) is 0 Å². The number of hydrogen-bond acceptors (Lipinski definition) is 3. The van der Waals surface area contributed by atoms with Gasteiger partial charge in [-0.3, -0.25) is 9.58 Å². The number of aryl methyl sites for hydroxylation is 1. The van der Waals surface area contributed by atoms with Crippen LogP contribution in [0.4, 0.5) is 0 Å². The molecule has 2 rings (SSSR count). The number of piperidine rings is 1. The van der Waals surface area contributed by atoms with Crippen molar-refractivity contribution in [2.75, 3.05) is 13.1 Å². The summed E-state index contributed by atoms with van der Waals surface area (Å²) >= 11 is 0. The normalized spacial score (nSPS) is 28.2. The van der Waals surface area contributed by atoms with Gasteiger partial charge in [0.15, 0.2) is 0 Å². The Morgan fingerprint density at radius 3 is 3.00 bits per heavy atom. The second-order valence-electron chi connectivity index (χ2n) is 4.61. The van der Waals surface area contributed by atoms with Crippen molar-refractivity contribution in [3.8, 4) is 0 Å². The number of hydrogen-bond donors (Lipinski definition) is 1. The molecule has 2 atom stereocenters. The smallest absolute Gasteiger partial charge is 0.0521 e. The minimum atomic E-state index is 0.326. The standard InChI is InChI=1S/C11H20N4/c1-9-4-6-15(8-11(9)12)7-10-3-5-13-14(10)2/h3,5,9,11H,4,6-8,12H2,1-2H3. The highest BCUT2D eigenvalue weighted by atomic mass is 15.3. The van der Waals surface area contributed by atoms with Crippen molar-refractivity contribution in [1.29, 1.82) is 0 Å². The molecule has 1 aromatic heterocycles. The minimum absolute atomic E-state index is 0.326. The molecule has 84 valence electrons. The minimum Gasteiger partial charge on any atom is -0.326 e. The lowest BCUT2D eigenvalue weighted by molar-refractivity contribution is 0.159. The Morgan fingerprint density at radius 2 is 2.40 bits per heavy atom. The maximum atomic E-state index is 6.07. The Hall–Kier alpha value is -0.870. The van der Waals surface area contributed by atoms with Gasteiger partial charge in [0.2, 0.25) is 0 Å². The highest BCUT2D eigenvalue weighted by molar-refractivity contribution is 5.00. The van der Waals surface area contributed by atoms with Gasteiger partial charge in [0, 0.05) is 32.4 Å². The molecule has 2 N–H and O–H groups in total. The van der Waals surface area contributed by atoms with E-state index in [4.69, 9.17) is 5.73 Å². The first-order valence-electron chi connectivity index (χ1n) is 5.61. The fourth-order valence-corrected chi connectivity index (χ4v) is 2.10. The van der Waals surface area contributed by atoms with E-state index in [-0.39, 0.29) is 0 Å². The van der Waals surface area contributed by atoms with Gasteiger partial charge >= 0.3 is 0 Å². The molecule has 4 nitrogen and oxygen atoms in total. The number of aromatic nitrogens is 2. The van der Waals surface area contributed by atoms with Crippen molar-refractivity contribution >= 4 is 0 Å². The number of nitrogens with zero attached hydrogens (tertiary/aromatic N) is 3. The van der Waals surface area contributed by atoms with E-state index >= 15 is 0 Å². The van der Waals surface area contributed by atoms with Crippen LogP contribution in [-0.4, -0.2) is 33.8 Å². The number of nitrogens with two attached hydrogens (primary N) is 1. The molecule has 1 fully saturated rings. The molecule has 0 spiro atoms. The van der Waals surface area contributed by atoms with Gasteiger partial charge in [-0.25, -0.2) is 0 Å². The molecular weight excluding hydrogens is 188 g/mol. The highest BCUT2D eigenvalue weighted by Crippen LogP contribution is 2.17. The molecule has 2 heterocycles. The van der Waals surface area contributed by atoms with Crippen molar-refractivity contribution in [1.82, 2.24) is 14.7 Å². The largest absolute Gasteiger partial charge is 0.326 e. The SMILES string of the molecule is CC1CCN(Cc2ccnn2C)CC1N. The van der Waals surface area contributed by atoms with Crippen molar-refractivity contribution in [3.63, 3.8) is 0 Å². The summed E-state index contributed by atoms with van der Waals surface area (Å²) in [6.45, 7) is 5.37. The lowest BCUT2D eigenvalue weighted by atomic mass is 9.94. The maximum absolute atomic E-state index is 6.07. The van der Waals surface area contributed by atoms with Crippen LogP contribution in [0.3, 0.4) is 0 Å². The predicted molar refractivity (Wildman–Crippen MR) is 60.2 cm³/mol. The highest BCUT2D eigenvalue weighted by Gasteiger charge is 2.23. The van der Waals surface area contributed by atoms with Crippen LogP contribution in [0.2, 0.25) is 0 Å². The quantitative estimate of drug-likeness (QED) is 0.774. The molecule has 2 unspecified atom stereocenters. The third-order valence-electron chi connectivity index (χ3n) is 3.41. The van der Waals surface area contributed by atoms with E-state index < -0.39 is 0 Å². The fourth-order valence-electron chi connectivity index (χ4n) is 2.10. The molecule has 0 saturated carbocycles. The molecule has 0 aliphatic carbocycles. The van der Waals surface area contributed by atoms with Crippen LogP contribution < -0.4 is 5.73 Å². The molecule has 0 bridgehead atoms. The molecule has 15 heavy (non-hydrogen) atoms. The summed E-state index contributed by atoms with van der Waals surface area (Å²) in [5.74, 6) is 0.660. The zero-order valence-corrected chi connectivity index (χ0v) is 9.56. The predicted octanol–water partition coefficient (Wildman–Crippen LogP) is 0.589. The second kappa shape index (κ2) is 4.33. The van der Waals surface area contributed by atoms with Gasteiger partial charge in [-0.05, 0) is 24.9 Å². The Labute approximate surface area is 91.1 Å². The summed E-state index contributed by atoms with van der Waals surface area (Å²) < 4.78 is 1.93. The summed E-state index contributed by atoms with van der Waals surface area (Å²) in [5, 5.41) is 4.17. The maximum Gasteiger partial charge on any atom is 0.0521 e. The Bertz CT molecular complexity index is 320. The summed E-state index contributed by atoms with van der Waals surface area (Å²) in [4.78, 5) is 2.42. The Kier molecular flexibility index (Phi) is 3.07. The van der Waals surface area contributed by atoms with Gasteiger partial charge in [-0.15, -0.1) is 0 Å². The van der Waals surface area contributed by atoms with Crippen LogP contribution >= 0.6 is 0 Å². The van der Waals surface area contributed by atoms with Crippen LogP contribution in [0.1, 0.15) is 19.0 Å². The third-order valence-corrected chi connectivity index (χ3v) is 3.41. The van der Waals surface area contributed by atoms with Crippen molar-refractivity contribution in [3.05, 3.63) is 18.0 Å². The summed E-state index contributed by atoms with van der Waals surface area (Å²) in [6, 6.07) is 2.40. The van der Waals surface area contributed by atoms with Crippen LogP contribution in [0.5, 0.6) is 0 Å². The van der Waals surface area contributed by atoms with E-state index in [9.17, 15) is 0 Å². The van der Waals surface area contributed by atoms with Gasteiger partial charge in [-0.2, -0.15) is 5.10 Å². The first kappa shape index (κ1) is 10.6. The molecule has 1 aliphatic heterocycles. The molecule has 1 aromatic rings. The van der Waals surface area contributed by atoms with E-state index in [1.54, 1.807) is 0 Å². The van der Waals surface area contributed by atoms with Crippen LogP contribution in [0, 0.1) is 5.92 Å². The van der Waals surface area contributed by atoms with Crippen molar-refractivity contribution in [2.45, 2.75) is 25.9 Å². The molecule has 0 amide bonds. The van der Waals surface area contributed by atoms with Crippen molar-refractivity contribution < 1.29 is 0 Å². The van der Waals surface area contributed by atoms with Crippen LogP contribution in [-0.2, 0) is 13.6 Å². The zero-order chi connectivity index (χ0) is 10.8. The van der Waals surface area contributed by atoms with E-state index in [1.165, 1.54) is 12.1 Å². The summed E-state index contributed by atoms with van der Waals surface area (Å²) in [5.41, 5.74) is 7.33. The van der Waals surface area contributed by atoms with Gasteiger partial charge < -0.3 is 5.73 Å². The van der Waals surface area contributed by atoms with Crippen LogP contribution in [0.15, 0.2) is 12.3 Å². The molecule has 4 heteroatoms. The molecule has 0 radical (unpaired) electrons. The number of rotatable bonds is 2. The Balaban J connectivity index is 1.94.